The monoisotopic (exact) mass is 368 g/mol. The maximum absolute atomic E-state index is 12.2. The number of benzene rings is 1. The van der Waals surface area contributed by atoms with Gasteiger partial charge in [-0.1, -0.05) is 30.3 Å². The Morgan fingerprint density at radius 2 is 1.91 bits per heavy atom. The number of hydrogen-bond acceptors (Lipinski definition) is 4. The number of aryl methyl sites for hydroxylation is 1. The van der Waals surface area contributed by atoms with Gasteiger partial charge in [-0.25, -0.2) is 18.7 Å². The van der Waals surface area contributed by atoms with Gasteiger partial charge in [0.1, 0.15) is 19.0 Å². The number of aromatic nitrogens is 2. The minimum absolute atomic E-state index is 0. The first-order chi connectivity index (χ1) is 10.1. The van der Waals surface area contributed by atoms with E-state index in [1.807, 2.05) is 30.3 Å². The molecule has 6 nitrogen and oxygen atoms in total. The largest absolute Gasteiger partial charge is 1.00 e. The van der Waals surface area contributed by atoms with Crippen LogP contribution in [-0.4, -0.2) is 23.6 Å². The van der Waals surface area contributed by atoms with Crippen LogP contribution in [0.5, 0.6) is 0 Å². The molecular formula is C15H17BrN2O4. The van der Waals surface area contributed by atoms with E-state index in [2.05, 4.69) is 4.74 Å². The smallest absolute Gasteiger partial charge is 0.364 e. The van der Waals surface area contributed by atoms with E-state index in [0.29, 0.717) is 0 Å². The van der Waals surface area contributed by atoms with Crippen molar-refractivity contribution < 1.29 is 40.6 Å². The van der Waals surface area contributed by atoms with E-state index < -0.39 is 18.0 Å². The molecule has 1 atom stereocenters. The Bertz CT molecular complexity index is 627. The molecule has 0 bridgehead atoms. The van der Waals surface area contributed by atoms with Gasteiger partial charge in [-0.3, -0.25) is 0 Å². The Hall–Kier alpha value is -2.15. The number of ether oxygens (including phenoxy) is 2. The maximum Gasteiger partial charge on any atom is 0.364 e. The van der Waals surface area contributed by atoms with Gasteiger partial charge in [-0.15, -0.1) is 0 Å². The minimum Gasteiger partial charge on any atom is -1.00 e. The molecule has 0 aliphatic heterocycles. The molecule has 0 fully saturated rings. The molecule has 2 aromatic rings. The van der Waals surface area contributed by atoms with Crippen molar-refractivity contribution in [1.82, 2.24) is 4.57 Å². The molecular weight excluding hydrogens is 352 g/mol. The van der Waals surface area contributed by atoms with Crippen LogP contribution in [0.3, 0.4) is 0 Å². The third-order valence-corrected chi connectivity index (χ3v) is 2.96. The van der Waals surface area contributed by atoms with Gasteiger partial charge < -0.3 is 26.5 Å². The molecule has 118 valence electrons. The Balaban J connectivity index is 0.00000242. The molecule has 22 heavy (non-hydrogen) atoms. The van der Waals surface area contributed by atoms with Crippen molar-refractivity contribution in [3.63, 3.8) is 0 Å². The molecule has 0 saturated carbocycles. The van der Waals surface area contributed by atoms with Crippen LogP contribution in [0.1, 0.15) is 11.6 Å². The average molecular weight is 369 g/mol. The first-order valence-corrected chi connectivity index (χ1v) is 6.43. The number of nitrogens with zero attached hydrogens (tertiary/aromatic N) is 2. The second kappa shape index (κ2) is 8.33. The minimum atomic E-state index is -1.14. The van der Waals surface area contributed by atoms with E-state index >= 15 is 0 Å². The number of imidazole rings is 1. The molecule has 0 saturated heterocycles. The van der Waals surface area contributed by atoms with Gasteiger partial charge in [0.2, 0.25) is 6.33 Å². The van der Waals surface area contributed by atoms with Gasteiger partial charge in [0.05, 0.1) is 14.2 Å². The maximum atomic E-state index is 12.2. The summed E-state index contributed by atoms with van der Waals surface area (Å²) in [4.78, 5) is 24.0. The van der Waals surface area contributed by atoms with E-state index in [9.17, 15) is 9.59 Å². The summed E-state index contributed by atoms with van der Waals surface area (Å²) in [7, 11) is 3.03. The Morgan fingerprint density at radius 3 is 2.45 bits per heavy atom. The highest BCUT2D eigenvalue weighted by Gasteiger charge is 2.35. The molecule has 0 N–H and O–H groups in total. The summed E-state index contributed by atoms with van der Waals surface area (Å²) in [5, 5.41) is 0. The predicted molar refractivity (Wildman–Crippen MR) is 72.9 cm³/mol. The van der Waals surface area contributed by atoms with Crippen LogP contribution in [0.2, 0.25) is 0 Å². The van der Waals surface area contributed by atoms with Crippen LogP contribution in [0, 0.1) is 0 Å². The lowest BCUT2D eigenvalue weighted by atomic mass is 10.2. The second-order valence-corrected chi connectivity index (χ2v) is 4.55. The van der Waals surface area contributed by atoms with Crippen LogP contribution < -0.4 is 21.5 Å². The van der Waals surface area contributed by atoms with Crippen LogP contribution in [0.15, 0.2) is 49.1 Å². The third-order valence-electron chi connectivity index (χ3n) is 2.96. The van der Waals surface area contributed by atoms with E-state index in [1.165, 1.54) is 11.7 Å². The van der Waals surface area contributed by atoms with Crippen molar-refractivity contribution in [3.05, 3.63) is 54.6 Å². The van der Waals surface area contributed by atoms with Crippen molar-refractivity contribution in [2.45, 2.75) is 12.6 Å². The van der Waals surface area contributed by atoms with Gasteiger partial charge in [0.15, 0.2) is 0 Å². The molecule has 1 unspecified atom stereocenters. The highest BCUT2D eigenvalue weighted by molar-refractivity contribution is 5.97. The third kappa shape index (κ3) is 4.42. The predicted octanol–water partition coefficient (Wildman–Crippen LogP) is -2.23. The van der Waals surface area contributed by atoms with Crippen molar-refractivity contribution in [2.24, 2.45) is 7.05 Å². The number of methoxy groups -OCH3 is 1. The zero-order chi connectivity index (χ0) is 15.2. The van der Waals surface area contributed by atoms with E-state index in [1.54, 1.807) is 30.3 Å². The summed E-state index contributed by atoms with van der Waals surface area (Å²) in [6.45, 7) is 0.112. The molecule has 2 rings (SSSR count). The molecule has 1 aromatic carbocycles. The number of esters is 2. The molecule has 1 aromatic heterocycles. The normalized spacial score (nSPS) is 11.2. The lowest BCUT2D eigenvalue weighted by Gasteiger charge is -2.11. The van der Waals surface area contributed by atoms with Gasteiger partial charge in [-0.05, 0) is 5.56 Å². The zero-order valence-corrected chi connectivity index (χ0v) is 13.9. The summed E-state index contributed by atoms with van der Waals surface area (Å²) in [5.74, 6) is -1.31. The van der Waals surface area contributed by atoms with Crippen LogP contribution in [-0.2, 0) is 32.7 Å². The fraction of sp³-hybridized carbons (Fsp3) is 0.267. The van der Waals surface area contributed by atoms with Gasteiger partial charge in [0.25, 0.3) is 6.04 Å². The summed E-state index contributed by atoms with van der Waals surface area (Å²) in [6, 6.07) is 8.13. The molecule has 0 aliphatic carbocycles. The van der Waals surface area contributed by atoms with Crippen LogP contribution >= 0.6 is 0 Å². The van der Waals surface area contributed by atoms with Crippen molar-refractivity contribution in [2.75, 3.05) is 7.11 Å². The number of halogens is 1. The Morgan fingerprint density at radius 1 is 1.23 bits per heavy atom. The highest BCUT2D eigenvalue weighted by Crippen LogP contribution is 2.12. The molecule has 0 spiro atoms. The number of rotatable bonds is 5. The molecule has 1 heterocycles. The quantitative estimate of drug-likeness (QED) is 0.340. The molecule has 0 aliphatic rings. The lowest BCUT2D eigenvalue weighted by Crippen LogP contribution is -3.00. The summed E-state index contributed by atoms with van der Waals surface area (Å²) >= 11 is 0. The topological polar surface area (TPSA) is 61.4 Å². The van der Waals surface area contributed by atoms with Gasteiger partial charge in [0, 0.05) is 0 Å². The zero-order valence-electron chi connectivity index (χ0n) is 12.3. The van der Waals surface area contributed by atoms with E-state index in [-0.39, 0.29) is 23.6 Å². The SMILES string of the molecule is COC(=O)C(C(=O)OCc1ccccc1)n1cc[n+](C)c1.[Br-]. The fourth-order valence-corrected chi connectivity index (χ4v) is 1.88. The summed E-state index contributed by atoms with van der Waals surface area (Å²) in [5.41, 5.74) is 0.854. The number of carbonyl (C=O) groups excluding carboxylic acids is 2. The molecule has 0 radical (unpaired) electrons. The van der Waals surface area contributed by atoms with Crippen LogP contribution in [0.4, 0.5) is 0 Å². The van der Waals surface area contributed by atoms with E-state index in [0.717, 1.165) is 5.56 Å². The Labute approximate surface area is 139 Å². The first-order valence-electron chi connectivity index (χ1n) is 6.43. The van der Waals surface area contributed by atoms with Gasteiger partial charge >= 0.3 is 11.9 Å². The lowest BCUT2D eigenvalue weighted by molar-refractivity contribution is -0.671. The summed E-state index contributed by atoms with van der Waals surface area (Å²) < 4.78 is 13.1. The number of hydrogen-bond donors (Lipinski definition) is 0. The van der Waals surface area contributed by atoms with Gasteiger partial charge in [-0.2, -0.15) is 0 Å². The highest BCUT2D eigenvalue weighted by atomic mass is 79.9. The standard InChI is InChI=1S/C15H17N2O4.BrH/c1-16-8-9-17(11-16)13(14(18)20-2)15(19)21-10-12-6-4-3-5-7-12;/h3-9,11,13H,10H2,1-2H3;1H/q+1;/p-1. The molecule has 7 heteroatoms. The average Bonchev–Trinajstić information content (AvgIpc) is 2.92. The molecule has 0 amide bonds. The Kier molecular flexibility index (Phi) is 6.78. The number of carbonyl (C=O) groups is 2. The van der Waals surface area contributed by atoms with Crippen LogP contribution in [0.25, 0.3) is 0 Å². The first kappa shape index (κ1) is 17.9. The van der Waals surface area contributed by atoms with E-state index in [4.69, 9.17) is 4.74 Å². The fourth-order valence-electron chi connectivity index (χ4n) is 1.88. The van der Waals surface area contributed by atoms with Crippen molar-refractivity contribution >= 4 is 11.9 Å². The van der Waals surface area contributed by atoms with Crippen molar-refractivity contribution in [3.8, 4) is 0 Å². The van der Waals surface area contributed by atoms with Crippen molar-refractivity contribution in [1.29, 1.82) is 0 Å². The second-order valence-electron chi connectivity index (χ2n) is 4.55. The summed E-state index contributed by atoms with van der Waals surface area (Å²) in [6.07, 6.45) is 4.96.